The lowest BCUT2D eigenvalue weighted by Gasteiger charge is -2.33. The first-order valence-corrected chi connectivity index (χ1v) is 13.0. The maximum Gasteiger partial charge on any atom is 0.275 e. The molecular weight excluding hydrogens is 456 g/mol. The van der Waals surface area contributed by atoms with E-state index in [4.69, 9.17) is 19.7 Å². The molecule has 0 radical (unpaired) electrons. The molecule has 1 unspecified atom stereocenters. The monoisotopic (exact) mass is 490 g/mol. The number of hydroxylamine groups is 1. The summed E-state index contributed by atoms with van der Waals surface area (Å²) >= 11 is 0. The van der Waals surface area contributed by atoms with Crippen LogP contribution in [0, 0.1) is 0 Å². The van der Waals surface area contributed by atoms with Crippen LogP contribution < -0.4 is 10.4 Å². The van der Waals surface area contributed by atoms with E-state index in [2.05, 4.69) is 39.6 Å². The summed E-state index contributed by atoms with van der Waals surface area (Å²) in [5.41, 5.74) is 6.45. The number of nitrogens with one attached hydrogen (secondary N) is 1. The predicted molar refractivity (Wildman–Crippen MR) is 138 cm³/mol. The van der Waals surface area contributed by atoms with E-state index in [-0.39, 0.29) is 12.5 Å². The van der Waals surface area contributed by atoms with Crippen LogP contribution in [0.1, 0.15) is 65.9 Å². The third-order valence-corrected chi connectivity index (χ3v) is 7.16. The topological polar surface area (TPSA) is 96.8 Å². The molecule has 5 rings (SSSR count). The summed E-state index contributed by atoms with van der Waals surface area (Å²) in [5.74, 6) is 0.983. The molecule has 8 heteroatoms. The van der Waals surface area contributed by atoms with Crippen molar-refractivity contribution in [1.82, 2.24) is 15.4 Å². The number of ether oxygens (including phenoxy) is 1. The Balaban J connectivity index is 1.27. The third kappa shape index (κ3) is 5.83. The lowest BCUT2D eigenvalue weighted by atomic mass is 9.88. The van der Waals surface area contributed by atoms with Crippen LogP contribution in [-0.4, -0.2) is 53.6 Å². The van der Waals surface area contributed by atoms with Crippen molar-refractivity contribution in [2.45, 2.75) is 57.2 Å². The van der Waals surface area contributed by atoms with E-state index < -0.39 is 6.29 Å². The number of hydrogen-bond acceptors (Lipinski definition) is 7. The zero-order chi connectivity index (χ0) is 24.7. The fourth-order valence-electron chi connectivity index (χ4n) is 5.06. The lowest BCUT2D eigenvalue weighted by Crippen LogP contribution is -2.35. The molecule has 0 saturated carbocycles. The van der Waals surface area contributed by atoms with Gasteiger partial charge in [0, 0.05) is 50.5 Å². The average molecular weight is 491 g/mol. The second-order valence-electron chi connectivity index (χ2n) is 9.60. The summed E-state index contributed by atoms with van der Waals surface area (Å²) in [7, 11) is 0. The van der Waals surface area contributed by atoms with Crippen LogP contribution in [0.4, 0.5) is 5.82 Å². The van der Waals surface area contributed by atoms with Gasteiger partial charge in [-0.2, -0.15) is 0 Å². The number of nitrogens with zero attached hydrogens (tertiary/aromatic N) is 3. The highest BCUT2D eigenvalue weighted by atomic mass is 16.8. The zero-order valence-corrected chi connectivity index (χ0v) is 20.6. The van der Waals surface area contributed by atoms with Gasteiger partial charge in [0.15, 0.2) is 6.29 Å². The maximum atomic E-state index is 13.1. The highest BCUT2D eigenvalue weighted by Gasteiger charge is 2.24. The van der Waals surface area contributed by atoms with Gasteiger partial charge in [-0.25, -0.2) is 15.3 Å². The van der Waals surface area contributed by atoms with Crippen LogP contribution in [-0.2, 0) is 16.0 Å². The summed E-state index contributed by atoms with van der Waals surface area (Å²) in [4.78, 5) is 29.9. The van der Waals surface area contributed by atoms with E-state index in [1.54, 1.807) is 12.4 Å². The average Bonchev–Trinajstić information content (AvgIpc) is 2.95. The fraction of sp³-hybridized carbons (Fsp3) is 0.464. The predicted octanol–water partition coefficient (Wildman–Crippen LogP) is 4.13. The number of hydrogen-bond donors (Lipinski definition) is 2. The minimum absolute atomic E-state index is 0.227. The number of piperidine rings is 1. The standard InChI is InChI=1S/C28H34N4O4/c33-16-3-4-20-6-8-21(9-7-20)22-11-14-32(15-12-22)26-18-23(24-19-29-13-10-25(24)30-26)28(34)31-36-27-5-1-2-17-35-27/h6-10,13,18-19,22,27,33H,1-5,11-12,14-17H2,(H,31,34). The Bertz CT molecular complexity index is 1160. The van der Waals surface area contributed by atoms with Gasteiger partial charge in [-0.15, -0.1) is 0 Å². The summed E-state index contributed by atoms with van der Waals surface area (Å²) in [6.45, 7) is 2.61. The smallest absolute Gasteiger partial charge is 0.275 e. The van der Waals surface area contributed by atoms with E-state index >= 15 is 0 Å². The number of aliphatic hydroxyl groups is 1. The Morgan fingerprint density at radius 1 is 1.14 bits per heavy atom. The van der Waals surface area contributed by atoms with Crippen molar-refractivity contribution in [1.29, 1.82) is 0 Å². The van der Waals surface area contributed by atoms with Crippen molar-refractivity contribution in [3.05, 3.63) is 65.5 Å². The summed E-state index contributed by atoms with van der Waals surface area (Å²) in [6.07, 6.45) is 9.53. The molecule has 1 amide bonds. The van der Waals surface area contributed by atoms with Crippen LogP contribution >= 0.6 is 0 Å². The number of carbonyl (C=O) groups excluding carboxylic acids is 1. The number of aliphatic hydroxyl groups excluding tert-OH is 1. The van der Waals surface area contributed by atoms with Crippen molar-refractivity contribution in [3.8, 4) is 0 Å². The van der Waals surface area contributed by atoms with Crippen molar-refractivity contribution >= 4 is 22.6 Å². The molecule has 1 aromatic carbocycles. The Morgan fingerprint density at radius 2 is 1.97 bits per heavy atom. The largest absolute Gasteiger partial charge is 0.396 e. The van der Waals surface area contributed by atoms with Crippen LogP contribution in [0.3, 0.4) is 0 Å². The molecule has 36 heavy (non-hydrogen) atoms. The van der Waals surface area contributed by atoms with Gasteiger partial charge < -0.3 is 14.7 Å². The normalized spacial score (nSPS) is 18.9. The van der Waals surface area contributed by atoms with E-state index in [0.717, 1.165) is 69.4 Å². The summed E-state index contributed by atoms with van der Waals surface area (Å²) in [5, 5.41) is 9.74. The van der Waals surface area contributed by atoms with E-state index in [1.165, 1.54) is 11.1 Å². The SMILES string of the molecule is O=C(NOC1CCCCO1)c1cc(N2CCC(c3ccc(CCCO)cc3)CC2)nc2ccncc12. The summed E-state index contributed by atoms with van der Waals surface area (Å²) in [6, 6.07) is 12.5. The number of aryl methyl sites for hydroxylation is 1. The van der Waals surface area contributed by atoms with Gasteiger partial charge in [0.25, 0.3) is 5.91 Å². The second kappa shape index (κ2) is 11.8. The van der Waals surface area contributed by atoms with E-state index in [9.17, 15) is 4.79 Å². The molecule has 3 aromatic rings. The zero-order valence-electron chi connectivity index (χ0n) is 20.6. The second-order valence-corrected chi connectivity index (χ2v) is 9.60. The molecule has 2 aliphatic rings. The van der Waals surface area contributed by atoms with Gasteiger partial charge in [-0.3, -0.25) is 9.78 Å². The Morgan fingerprint density at radius 3 is 2.72 bits per heavy atom. The number of carbonyl (C=O) groups is 1. The number of aromatic nitrogens is 2. The molecule has 0 aliphatic carbocycles. The first kappa shape index (κ1) is 24.6. The quantitative estimate of drug-likeness (QED) is 0.458. The molecule has 2 aliphatic heterocycles. The van der Waals surface area contributed by atoms with Crippen molar-refractivity contribution in [2.75, 3.05) is 31.2 Å². The first-order valence-electron chi connectivity index (χ1n) is 13.0. The highest BCUT2D eigenvalue weighted by molar-refractivity contribution is 6.06. The molecule has 190 valence electrons. The van der Waals surface area contributed by atoms with Crippen molar-refractivity contribution in [3.63, 3.8) is 0 Å². The van der Waals surface area contributed by atoms with E-state index in [0.29, 0.717) is 23.5 Å². The van der Waals surface area contributed by atoms with Gasteiger partial charge in [-0.05, 0) is 67.7 Å². The lowest BCUT2D eigenvalue weighted by molar-refractivity contribution is -0.186. The Labute approximate surface area is 211 Å². The van der Waals surface area contributed by atoms with Crippen LogP contribution in [0.5, 0.6) is 0 Å². The number of anilines is 1. The van der Waals surface area contributed by atoms with Crippen LogP contribution in [0.2, 0.25) is 0 Å². The molecule has 4 heterocycles. The molecular formula is C28H34N4O4. The number of benzene rings is 1. The van der Waals surface area contributed by atoms with Crippen molar-refractivity contribution in [2.24, 2.45) is 0 Å². The number of fused-ring (bicyclic) bond motifs is 1. The molecule has 2 saturated heterocycles. The fourth-order valence-corrected chi connectivity index (χ4v) is 5.06. The third-order valence-electron chi connectivity index (χ3n) is 7.16. The number of pyridine rings is 2. The van der Waals surface area contributed by atoms with Gasteiger partial charge in [-0.1, -0.05) is 24.3 Å². The van der Waals surface area contributed by atoms with Crippen LogP contribution in [0.25, 0.3) is 10.9 Å². The first-order chi connectivity index (χ1) is 17.7. The summed E-state index contributed by atoms with van der Waals surface area (Å²) < 4.78 is 5.56. The maximum absolute atomic E-state index is 13.1. The molecule has 2 aromatic heterocycles. The van der Waals surface area contributed by atoms with Gasteiger partial charge >= 0.3 is 0 Å². The van der Waals surface area contributed by atoms with E-state index in [1.807, 2.05) is 12.1 Å². The number of rotatable bonds is 8. The minimum atomic E-state index is -0.406. The molecule has 0 spiro atoms. The molecule has 0 bridgehead atoms. The molecule has 1 atom stereocenters. The van der Waals surface area contributed by atoms with Gasteiger partial charge in [0.05, 0.1) is 11.1 Å². The van der Waals surface area contributed by atoms with Gasteiger partial charge in [0.2, 0.25) is 0 Å². The van der Waals surface area contributed by atoms with Crippen LogP contribution in [0.15, 0.2) is 48.8 Å². The minimum Gasteiger partial charge on any atom is -0.396 e. The highest BCUT2D eigenvalue weighted by Crippen LogP contribution is 2.31. The molecule has 2 N–H and O–H groups in total. The Hall–Kier alpha value is -3.07. The van der Waals surface area contributed by atoms with Gasteiger partial charge in [0.1, 0.15) is 5.82 Å². The molecule has 2 fully saturated rings. The number of amides is 1. The Kier molecular flexibility index (Phi) is 8.05. The molecule has 8 nitrogen and oxygen atoms in total. The van der Waals surface area contributed by atoms with Crippen molar-refractivity contribution < 1.29 is 19.5 Å².